The molecule has 13 aromatic carbocycles. The lowest BCUT2D eigenvalue weighted by atomic mass is 9.67. The van der Waals surface area contributed by atoms with E-state index in [1.807, 2.05) is 0 Å². The van der Waals surface area contributed by atoms with Gasteiger partial charge in [0.1, 0.15) is 0 Å². The predicted octanol–water partition coefficient (Wildman–Crippen LogP) is 19.7. The minimum Gasteiger partial charge on any atom is -0.310 e. The van der Waals surface area contributed by atoms with E-state index in [1.165, 1.54) is 105 Å². The van der Waals surface area contributed by atoms with Crippen LogP contribution in [0.15, 0.2) is 273 Å². The molecular weight excluding hydrogens is 917 g/mol. The van der Waals surface area contributed by atoms with Crippen molar-refractivity contribution in [1.29, 1.82) is 0 Å². The van der Waals surface area contributed by atoms with Crippen molar-refractivity contribution >= 4 is 66.4 Å². The summed E-state index contributed by atoms with van der Waals surface area (Å²) in [5.74, 6) is 0.136. The van der Waals surface area contributed by atoms with Gasteiger partial charge in [-0.1, -0.05) is 212 Å². The molecular formula is C74H52N2. The Morgan fingerprint density at radius 2 is 0.737 bits per heavy atom. The maximum absolute atomic E-state index is 2.50. The smallest absolute Gasteiger partial charge is 0.0714 e. The van der Waals surface area contributed by atoms with Gasteiger partial charge in [-0.15, -0.1) is 0 Å². The van der Waals surface area contributed by atoms with Crippen LogP contribution in [0.5, 0.6) is 0 Å². The number of aryl methyl sites for hydroxylation is 2. The summed E-state index contributed by atoms with van der Waals surface area (Å²) in [5, 5.41) is 7.39. The minimum atomic E-state index is -0.531. The molecule has 0 bridgehead atoms. The molecule has 0 amide bonds. The van der Waals surface area contributed by atoms with Crippen LogP contribution in [0, 0.1) is 13.8 Å². The first-order valence-corrected chi connectivity index (χ1v) is 26.6. The zero-order valence-electron chi connectivity index (χ0n) is 42.5. The fraction of sp³-hybridized carbons (Fsp3) is 0.0541. The van der Waals surface area contributed by atoms with Crippen molar-refractivity contribution in [1.82, 2.24) is 0 Å². The average Bonchev–Trinajstić information content (AvgIpc) is 4.06. The van der Waals surface area contributed by atoms with Gasteiger partial charge < -0.3 is 9.80 Å². The normalized spacial score (nSPS) is 13.2. The lowest BCUT2D eigenvalue weighted by molar-refractivity contribution is 0.768. The second-order valence-corrected chi connectivity index (χ2v) is 20.9. The van der Waals surface area contributed by atoms with Crippen LogP contribution in [-0.2, 0) is 5.41 Å². The Morgan fingerprint density at radius 1 is 0.316 bits per heavy atom. The van der Waals surface area contributed by atoms with Crippen LogP contribution >= 0.6 is 0 Å². The Bertz CT molecular complexity index is 4320. The Balaban J connectivity index is 0.932. The van der Waals surface area contributed by atoms with Gasteiger partial charge >= 0.3 is 0 Å². The fourth-order valence-corrected chi connectivity index (χ4v) is 13.5. The van der Waals surface area contributed by atoms with Gasteiger partial charge in [0, 0.05) is 39.4 Å². The number of hydrogen-bond donors (Lipinski definition) is 0. The van der Waals surface area contributed by atoms with Gasteiger partial charge in [0.15, 0.2) is 0 Å². The predicted molar refractivity (Wildman–Crippen MR) is 319 cm³/mol. The molecule has 0 aliphatic heterocycles. The largest absolute Gasteiger partial charge is 0.310 e. The molecule has 0 spiro atoms. The summed E-state index contributed by atoms with van der Waals surface area (Å²) in [4.78, 5) is 4.99. The van der Waals surface area contributed by atoms with Crippen molar-refractivity contribution in [2.45, 2.75) is 25.2 Å². The van der Waals surface area contributed by atoms with E-state index in [2.05, 4.69) is 297 Å². The molecule has 358 valence electrons. The number of fused-ring (bicyclic) bond motifs is 6. The summed E-state index contributed by atoms with van der Waals surface area (Å²) in [6.07, 6.45) is 0. The molecule has 0 fully saturated rings. The van der Waals surface area contributed by atoms with E-state index >= 15 is 0 Å². The first-order chi connectivity index (χ1) is 37.5. The van der Waals surface area contributed by atoms with Crippen molar-refractivity contribution in [3.8, 4) is 22.3 Å². The van der Waals surface area contributed by atoms with Crippen LogP contribution in [-0.4, -0.2) is 0 Å². The zero-order valence-corrected chi connectivity index (χ0v) is 42.5. The quantitative estimate of drug-likeness (QED) is 0.133. The molecule has 13 aromatic rings. The topological polar surface area (TPSA) is 6.48 Å². The van der Waals surface area contributed by atoms with E-state index in [0.717, 1.165) is 34.1 Å². The highest BCUT2D eigenvalue weighted by Crippen LogP contribution is 2.57. The van der Waals surface area contributed by atoms with E-state index in [-0.39, 0.29) is 5.92 Å². The third-order valence-electron chi connectivity index (χ3n) is 16.6. The van der Waals surface area contributed by atoms with Gasteiger partial charge in [0.05, 0.1) is 16.8 Å². The van der Waals surface area contributed by atoms with Gasteiger partial charge in [-0.2, -0.15) is 0 Å². The minimum absolute atomic E-state index is 0.136. The first-order valence-electron chi connectivity index (χ1n) is 26.6. The van der Waals surface area contributed by atoms with E-state index in [0.29, 0.717) is 0 Å². The molecule has 0 N–H and O–H groups in total. The number of anilines is 6. The van der Waals surface area contributed by atoms with Crippen LogP contribution < -0.4 is 9.80 Å². The van der Waals surface area contributed by atoms with E-state index in [9.17, 15) is 0 Å². The SMILES string of the molecule is Cc1cccc(N(c2cccc(C3c4ccccc4-c4ccccc43)c2)c2ccc3ccc4c(N(c5cccc(C)c5)c5cccc(C6(c7ccccc7)c7ccccc7-c7ccccc76)c5)ccc5ccc2c3c54)c1. The summed E-state index contributed by atoms with van der Waals surface area (Å²) >= 11 is 0. The number of hydrogen-bond acceptors (Lipinski definition) is 2. The van der Waals surface area contributed by atoms with Gasteiger partial charge in [-0.05, 0) is 168 Å². The van der Waals surface area contributed by atoms with Crippen molar-refractivity contribution in [2.24, 2.45) is 0 Å². The molecule has 15 rings (SSSR count). The summed E-state index contributed by atoms with van der Waals surface area (Å²) in [7, 11) is 0. The molecule has 0 heterocycles. The van der Waals surface area contributed by atoms with E-state index in [1.54, 1.807) is 0 Å². The Hall–Kier alpha value is -9.50. The van der Waals surface area contributed by atoms with Crippen LogP contribution in [0.2, 0.25) is 0 Å². The fourth-order valence-electron chi connectivity index (χ4n) is 13.5. The monoisotopic (exact) mass is 968 g/mol. The molecule has 0 atom stereocenters. The number of nitrogens with zero attached hydrogens (tertiary/aromatic N) is 2. The first kappa shape index (κ1) is 44.0. The maximum atomic E-state index is 2.50. The Kier molecular flexibility index (Phi) is 10.0. The molecule has 0 saturated heterocycles. The second kappa shape index (κ2) is 17.3. The maximum Gasteiger partial charge on any atom is 0.0714 e. The highest BCUT2D eigenvalue weighted by atomic mass is 15.2. The number of benzene rings is 13. The summed E-state index contributed by atoms with van der Waals surface area (Å²) < 4.78 is 0. The molecule has 2 aliphatic carbocycles. The molecule has 76 heavy (non-hydrogen) atoms. The molecule has 0 saturated carbocycles. The lowest BCUT2D eigenvalue weighted by Crippen LogP contribution is -2.28. The summed E-state index contributed by atoms with van der Waals surface area (Å²) in [5.41, 5.74) is 23.0. The molecule has 0 aromatic heterocycles. The van der Waals surface area contributed by atoms with Gasteiger partial charge in [-0.3, -0.25) is 0 Å². The lowest BCUT2D eigenvalue weighted by Gasteiger charge is -2.35. The van der Waals surface area contributed by atoms with Crippen molar-refractivity contribution in [3.63, 3.8) is 0 Å². The standard InChI is InChI=1S/C74H52N2/c1-48-18-14-24-55(44-48)75(57-26-16-20-52(46-57)71-63-32-8-6-28-59(63)60-29-7-9-33-64(60)71)69-42-38-50-37-41-66-70(43-39-51-36-40-65(69)72(50)73(51)66)76(56-25-15-19-49(2)45-56)58-27-17-23-54(47-58)74(53-21-4-3-5-22-53)67-34-12-10-30-61(67)62-31-11-13-35-68(62)74/h3-47,71H,1-2H3. The third kappa shape index (κ3) is 6.60. The second-order valence-electron chi connectivity index (χ2n) is 20.9. The van der Waals surface area contributed by atoms with E-state index < -0.39 is 5.41 Å². The van der Waals surface area contributed by atoms with Crippen molar-refractivity contribution in [2.75, 3.05) is 9.80 Å². The van der Waals surface area contributed by atoms with Gasteiger partial charge in [0.25, 0.3) is 0 Å². The molecule has 2 aliphatic rings. The number of rotatable bonds is 9. The van der Waals surface area contributed by atoms with Gasteiger partial charge in [-0.25, -0.2) is 0 Å². The van der Waals surface area contributed by atoms with Crippen LogP contribution in [0.25, 0.3) is 54.6 Å². The molecule has 0 unspecified atom stereocenters. The molecule has 2 nitrogen and oxygen atoms in total. The third-order valence-corrected chi connectivity index (χ3v) is 16.6. The highest BCUT2D eigenvalue weighted by Gasteiger charge is 2.46. The van der Waals surface area contributed by atoms with Gasteiger partial charge in [0.2, 0.25) is 0 Å². The van der Waals surface area contributed by atoms with E-state index in [4.69, 9.17) is 0 Å². The van der Waals surface area contributed by atoms with Crippen molar-refractivity contribution < 1.29 is 0 Å². The Labute approximate surface area is 444 Å². The van der Waals surface area contributed by atoms with Crippen LogP contribution in [0.3, 0.4) is 0 Å². The Morgan fingerprint density at radius 3 is 1.28 bits per heavy atom. The zero-order chi connectivity index (χ0) is 50.5. The molecule has 0 radical (unpaired) electrons. The highest BCUT2D eigenvalue weighted by molar-refractivity contribution is 6.28. The molecule has 2 heteroatoms. The summed E-state index contributed by atoms with van der Waals surface area (Å²) in [6, 6.07) is 102. The van der Waals surface area contributed by atoms with Crippen molar-refractivity contribution in [3.05, 3.63) is 323 Å². The average molecular weight is 969 g/mol. The van der Waals surface area contributed by atoms with Crippen LogP contribution in [0.1, 0.15) is 56.0 Å². The summed E-state index contributed by atoms with van der Waals surface area (Å²) in [6.45, 7) is 4.39. The van der Waals surface area contributed by atoms with Crippen LogP contribution in [0.4, 0.5) is 34.1 Å².